The molecule has 0 saturated heterocycles. The van der Waals surface area contributed by atoms with Crippen molar-refractivity contribution in [3.05, 3.63) is 63.2 Å². The van der Waals surface area contributed by atoms with E-state index < -0.39 is 0 Å². The zero-order valence-electron chi connectivity index (χ0n) is 13.9. The van der Waals surface area contributed by atoms with E-state index in [1.807, 2.05) is 41.8 Å². The van der Waals surface area contributed by atoms with Crippen molar-refractivity contribution in [1.82, 2.24) is 20.2 Å². The minimum atomic E-state index is -0.0221. The molecule has 0 spiro atoms. The van der Waals surface area contributed by atoms with E-state index in [0.29, 0.717) is 16.6 Å². The Balaban J connectivity index is 1.47. The summed E-state index contributed by atoms with van der Waals surface area (Å²) < 4.78 is 0.980. The van der Waals surface area contributed by atoms with Crippen LogP contribution in [0.25, 0.3) is 15.8 Å². The van der Waals surface area contributed by atoms with Crippen LogP contribution in [0.5, 0.6) is 0 Å². The van der Waals surface area contributed by atoms with Gasteiger partial charge in [-0.05, 0) is 23.6 Å². The summed E-state index contributed by atoms with van der Waals surface area (Å²) in [4.78, 5) is 10.1. The van der Waals surface area contributed by atoms with Crippen molar-refractivity contribution < 1.29 is 5.11 Å². The Morgan fingerprint density at radius 3 is 2.89 bits per heavy atom. The highest BCUT2D eigenvalue weighted by molar-refractivity contribution is 7.99. The number of hydrogen-bond acceptors (Lipinski definition) is 8. The van der Waals surface area contributed by atoms with Crippen LogP contribution in [0.3, 0.4) is 0 Å². The lowest BCUT2D eigenvalue weighted by Gasteiger charge is -2.00. The Kier molecular flexibility index (Phi) is 5.20. The van der Waals surface area contributed by atoms with Gasteiger partial charge in [-0.3, -0.25) is 5.10 Å². The van der Waals surface area contributed by atoms with Gasteiger partial charge in [0.05, 0.1) is 16.0 Å². The Labute approximate surface area is 167 Å². The minimum Gasteiger partial charge on any atom is -0.510 e. The van der Waals surface area contributed by atoms with Crippen molar-refractivity contribution in [2.45, 2.75) is 11.6 Å². The maximum absolute atomic E-state index is 10.4. The number of allylic oxidation sites excluding steroid dienone is 1. The molecule has 2 N–H and O–H groups in total. The number of nitrogens with one attached hydrogen (secondary N) is 1. The first kappa shape index (κ1) is 17.7. The summed E-state index contributed by atoms with van der Waals surface area (Å²) in [5.41, 5.74) is 1.01. The summed E-state index contributed by atoms with van der Waals surface area (Å²) in [7, 11) is 0. The number of thiophene rings is 1. The molecule has 0 bridgehead atoms. The Hall–Kier alpha value is -2.67. The van der Waals surface area contributed by atoms with Crippen molar-refractivity contribution in [2.24, 2.45) is 0 Å². The molecule has 0 aliphatic heterocycles. The number of aromatic nitrogens is 4. The van der Waals surface area contributed by atoms with Crippen molar-refractivity contribution in [3.8, 4) is 6.07 Å². The number of rotatable bonds is 6. The Morgan fingerprint density at radius 1 is 1.22 bits per heavy atom. The number of para-hydroxylation sites is 1. The van der Waals surface area contributed by atoms with Gasteiger partial charge in [-0.1, -0.05) is 30.0 Å². The molecule has 134 valence electrons. The molecule has 4 aromatic rings. The van der Waals surface area contributed by atoms with Crippen LogP contribution in [0, 0.1) is 11.3 Å². The van der Waals surface area contributed by atoms with Crippen LogP contribution < -0.4 is 0 Å². The third-order valence-corrected chi connectivity index (χ3v) is 6.47. The van der Waals surface area contributed by atoms with Gasteiger partial charge >= 0.3 is 0 Å². The fourth-order valence-electron chi connectivity index (χ4n) is 2.42. The molecule has 0 atom stereocenters. The number of thioether (sulfide) groups is 1. The van der Waals surface area contributed by atoms with E-state index in [1.165, 1.54) is 28.0 Å². The van der Waals surface area contributed by atoms with Crippen LogP contribution >= 0.6 is 34.4 Å². The topological polar surface area (TPSA) is 98.5 Å². The van der Waals surface area contributed by atoms with E-state index in [2.05, 4.69) is 26.2 Å². The molecule has 6 nitrogen and oxygen atoms in total. The average Bonchev–Trinajstić information content (AvgIpc) is 3.41. The fraction of sp³-hybridized carbons (Fsp3) is 0.111. The largest absolute Gasteiger partial charge is 0.510 e. The van der Waals surface area contributed by atoms with E-state index in [0.717, 1.165) is 16.0 Å². The highest BCUT2D eigenvalue weighted by atomic mass is 32.2. The summed E-state index contributed by atoms with van der Waals surface area (Å²) >= 11 is 4.33. The predicted octanol–water partition coefficient (Wildman–Crippen LogP) is 4.65. The number of nitriles is 1. The Bertz CT molecular complexity index is 1100. The number of nitrogens with zero attached hydrogens (tertiary/aromatic N) is 4. The normalized spacial score (nSPS) is 12.1. The Morgan fingerprint density at radius 2 is 2.11 bits per heavy atom. The highest BCUT2D eigenvalue weighted by Crippen LogP contribution is 2.29. The number of thiazole rings is 1. The van der Waals surface area contributed by atoms with Gasteiger partial charge in [0, 0.05) is 11.3 Å². The van der Waals surface area contributed by atoms with E-state index in [9.17, 15) is 10.4 Å². The number of H-pyrrole nitrogens is 1. The van der Waals surface area contributed by atoms with E-state index >= 15 is 0 Å². The zero-order chi connectivity index (χ0) is 18.6. The SMILES string of the molecule is N#C/C(=C(/O)CSc1n[nH]c(Cc2cccs2)n1)c1nc2ccccc2s1. The number of aliphatic hydroxyl groups excluding tert-OH is 1. The number of fused-ring (bicyclic) bond motifs is 1. The van der Waals surface area contributed by atoms with E-state index in [-0.39, 0.29) is 17.1 Å². The van der Waals surface area contributed by atoms with Crippen LogP contribution in [-0.2, 0) is 6.42 Å². The standard InChI is InChI=1S/C18H13N5OS3/c19-9-12(17-20-13-5-1-2-6-15(13)27-17)14(24)10-26-18-21-16(22-23-18)8-11-4-3-7-25-11/h1-7,24H,8,10H2,(H,21,22,23)/b14-12-. The van der Waals surface area contributed by atoms with Crippen LogP contribution in [0.2, 0.25) is 0 Å². The monoisotopic (exact) mass is 411 g/mol. The number of aromatic amines is 1. The van der Waals surface area contributed by atoms with E-state index in [4.69, 9.17) is 0 Å². The molecule has 1 aromatic carbocycles. The summed E-state index contributed by atoms with van der Waals surface area (Å²) in [6.45, 7) is 0. The molecule has 4 rings (SSSR count). The first-order valence-electron chi connectivity index (χ1n) is 7.97. The third-order valence-electron chi connectivity index (χ3n) is 3.68. The first-order chi connectivity index (χ1) is 13.2. The highest BCUT2D eigenvalue weighted by Gasteiger charge is 2.15. The van der Waals surface area contributed by atoms with Crippen molar-refractivity contribution in [1.29, 1.82) is 5.26 Å². The number of aliphatic hydroxyl groups is 1. The first-order valence-corrected chi connectivity index (χ1v) is 10.7. The summed E-state index contributed by atoms with van der Waals surface area (Å²) in [5, 5.41) is 30.0. The lowest BCUT2D eigenvalue weighted by molar-refractivity contribution is 0.420. The molecular weight excluding hydrogens is 398 g/mol. The molecule has 0 aliphatic rings. The van der Waals surface area contributed by atoms with Gasteiger partial charge in [-0.15, -0.1) is 27.8 Å². The van der Waals surface area contributed by atoms with Gasteiger partial charge in [0.1, 0.15) is 28.2 Å². The summed E-state index contributed by atoms with van der Waals surface area (Å²) in [5.74, 6) is 0.955. The second-order valence-corrected chi connectivity index (χ2v) is 8.54. The van der Waals surface area contributed by atoms with Crippen LogP contribution in [-0.4, -0.2) is 31.0 Å². The van der Waals surface area contributed by atoms with Crippen molar-refractivity contribution in [3.63, 3.8) is 0 Å². The molecule has 9 heteroatoms. The number of benzene rings is 1. The molecule has 3 aromatic heterocycles. The summed E-state index contributed by atoms with van der Waals surface area (Å²) in [6, 6.07) is 13.8. The zero-order valence-corrected chi connectivity index (χ0v) is 16.4. The van der Waals surface area contributed by atoms with E-state index in [1.54, 1.807) is 11.3 Å². The summed E-state index contributed by atoms with van der Waals surface area (Å²) in [6.07, 6.45) is 0.697. The second kappa shape index (κ2) is 7.92. The maximum atomic E-state index is 10.4. The average molecular weight is 412 g/mol. The second-order valence-electron chi connectivity index (χ2n) is 5.53. The molecule has 0 fully saturated rings. The molecule has 27 heavy (non-hydrogen) atoms. The molecular formula is C18H13N5OS3. The molecule has 3 heterocycles. The maximum Gasteiger partial charge on any atom is 0.208 e. The van der Waals surface area contributed by atoms with Gasteiger partial charge in [0.2, 0.25) is 5.16 Å². The minimum absolute atomic E-state index is 0.0221. The number of hydrogen-bond donors (Lipinski definition) is 2. The van der Waals surface area contributed by atoms with Crippen LogP contribution in [0.15, 0.2) is 52.7 Å². The lowest BCUT2D eigenvalue weighted by Crippen LogP contribution is -1.93. The smallest absolute Gasteiger partial charge is 0.208 e. The van der Waals surface area contributed by atoms with Gasteiger partial charge in [-0.2, -0.15) is 5.26 Å². The molecule has 0 aliphatic carbocycles. The lowest BCUT2D eigenvalue weighted by atomic mass is 10.2. The van der Waals surface area contributed by atoms with Crippen LogP contribution in [0.1, 0.15) is 15.7 Å². The molecule has 0 unspecified atom stereocenters. The predicted molar refractivity (Wildman–Crippen MR) is 109 cm³/mol. The molecule has 0 amide bonds. The molecule has 0 saturated carbocycles. The quantitative estimate of drug-likeness (QED) is 0.272. The third kappa shape index (κ3) is 4.03. The van der Waals surface area contributed by atoms with Crippen molar-refractivity contribution >= 4 is 50.2 Å². The molecule has 0 radical (unpaired) electrons. The van der Waals surface area contributed by atoms with Gasteiger partial charge < -0.3 is 5.11 Å². The van der Waals surface area contributed by atoms with Crippen molar-refractivity contribution in [2.75, 3.05) is 5.75 Å². The van der Waals surface area contributed by atoms with Crippen LogP contribution in [0.4, 0.5) is 0 Å². The van der Waals surface area contributed by atoms with Gasteiger partial charge in [0.15, 0.2) is 0 Å². The van der Waals surface area contributed by atoms with Gasteiger partial charge in [-0.25, -0.2) is 9.97 Å². The van der Waals surface area contributed by atoms with Gasteiger partial charge in [0.25, 0.3) is 0 Å². The fourth-order valence-corrected chi connectivity index (χ4v) is 4.81.